The molecule has 2 aliphatic heterocycles. The Morgan fingerprint density at radius 2 is 1.28 bits per heavy atom. The summed E-state index contributed by atoms with van der Waals surface area (Å²) in [5, 5.41) is 4.00. The van der Waals surface area contributed by atoms with Crippen molar-refractivity contribution in [1.82, 2.24) is 0 Å². The quantitative estimate of drug-likeness (QED) is 0.187. The summed E-state index contributed by atoms with van der Waals surface area (Å²) in [6.45, 7) is 45.5. The van der Waals surface area contributed by atoms with Gasteiger partial charge in [0.25, 0.3) is 0 Å². The molecule has 4 heterocycles. The van der Waals surface area contributed by atoms with E-state index >= 15 is 0 Å². The standard InChI is InChI=1S/C70H89BN2OS/c1-63(2,3)40-33-54-60-55(34-40)73(52-26-25-45(64(4,5)6)61-58(52)42-21-19-20-22-56(42)74-61)53-38-49-48(68(13,14)30-31-69(49,15)16)37-51(53)71(60)59-43-36-47-50(70(17,18)32-29-67(47,11)12)39-57(43)75-62(59)72(54)41-23-24-44-46(35-41)66(9,10)28-27-65(44,7)8/h19-26,34-35,37,39,44,46-47,49,54H,27-33,36,38H2,1-18H3. The molecule has 0 bridgehead atoms. The second-order valence-electron chi connectivity index (χ2n) is 31.8. The molecule has 5 heteroatoms. The predicted molar refractivity (Wildman–Crippen MR) is 323 cm³/mol. The molecule has 75 heavy (non-hydrogen) atoms. The molecular weight excluding hydrogens is 928 g/mol. The average Bonchev–Trinajstić information content (AvgIpc) is 3.92. The Kier molecular flexibility index (Phi) is 10.6. The summed E-state index contributed by atoms with van der Waals surface area (Å²) in [6, 6.07) is 14.0. The Hall–Kier alpha value is -4.22. The van der Waals surface area contributed by atoms with Crippen LogP contribution in [0.2, 0.25) is 0 Å². The molecule has 13 rings (SSSR count). The summed E-state index contributed by atoms with van der Waals surface area (Å²) in [6.07, 6.45) is 27.2. The summed E-state index contributed by atoms with van der Waals surface area (Å²) < 4.78 is 7.14. The van der Waals surface area contributed by atoms with Crippen LogP contribution in [0.5, 0.6) is 0 Å². The van der Waals surface area contributed by atoms with Crippen molar-refractivity contribution in [2.24, 2.45) is 61.6 Å². The topological polar surface area (TPSA) is 19.6 Å². The number of anilines is 2. The van der Waals surface area contributed by atoms with Gasteiger partial charge in [0.15, 0.2) is 0 Å². The highest BCUT2D eigenvalue weighted by atomic mass is 32.1. The van der Waals surface area contributed by atoms with E-state index in [-0.39, 0.29) is 56.1 Å². The van der Waals surface area contributed by atoms with Crippen LogP contribution in [-0.4, -0.2) is 12.8 Å². The van der Waals surface area contributed by atoms with Gasteiger partial charge in [-0.15, -0.1) is 11.3 Å². The zero-order valence-corrected chi connectivity index (χ0v) is 50.3. The van der Waals surface area contributed by atoms with Crippen LogP contribution in [0.1, 0.15) is 192 Å². The van der Waals surface area contributed by atoms with E-state index in [2.05, 4.69) is 219 Å². The molecule has 0 saturated heterocycles. The number of nitrogens with zero attached hydrogens (tertiary/aromatic N) is 2. The van der Waals surface area contributed by atoms with Crippen molar-refractivity contribution in [2.75, 3.05) is 9.80 Å². The first kappa shape index (κ1) is 50.3. The number of hydrogen-bond acceptors (Lipinski definition) is 4. The minimum absolute atomic E-state index is 0.0354. The van der Waals surface area contributed by atoms with Crippen LogP contribution in [0.4, 0.5) is 10.7 Å². The zero-order chi connectivity index (χ0) is 53.3. The molecule has 394 valence electrons. The Bertz CT molecular complexity index is 3380. The molecule has 2 aromatic carbocycles. The molecule has 0 N–H and O–H groups in total. The van der Waals surface area contributed by atoms with Gasteiger partial charge in [0.05, 0.1) is 22.1 Å². The van der Waals surface area contributed by atoms with Crippen LogP contribution in [0.15, 0.2) is 116 Å². The van der Waals surface area contributed by atoms with Crippen molar-refractivity contribution in [2.45, 2.75) is 194 Å². The van der Waals surface area contributed by atoms with Gasteiger partial charge in [-0.3, -0.25) is 0 Å². The minimum Gasteiger partial charge on any atom is -0.456 e. The van der Waals surface area contributed by atoms with Gasteiger partial charge in [-0.05, 0) is 177 Å². The molecule has 7 aliphatic carbocycles. The molecule has 4 aromatic rings. The molecular formula is C70H89BN2OS. The second-order valence-corrected chi connectivity index (χ2v) is 32.8. The maximum Gasteiger partial charge on any atom is 0.248 e. The van der Waals surface area contributed by atoms with Crippen LogP contribution in [-0.2, 0) is 11.8 Å². The second kappa shape index (κ2) is 15.8. The number of rotatable bonds is 2. The highest BCUT2D eigenvalue weighted by Gasteiger charge is 2.58. The van der Waals surface area contributed by atoms with E-state index in [0.717, 1.165) is 30.4 Å². The molecule has 3 saturated carbocycles. The monoisotopic (exact) mass is 1020 g/mol. The van der Waals surface area contributed by atoms with Gasteiger partial charge in [0.1, 0.15) is 11.2 Å². The summed E-state index contributed by atoms with van der Waals surface area (Å²) >= 11 is 2.16. The van der Waals surface area contributed by atoms with E-state index in [4.69, 9.17) is 4.42 Å². The maximum atomic E-state index is 7.14. The van der Waals surface area contributed by atoms with Gasteiger partial charge in [-0.2, -0.15) is 0 Å². The smallest absolute Gasteiger partial charge is 0.248 e. The van der Waals surface area contributed by atoms with E-state index in [9.17, 15) is 0 Å². The van der Waals surface area contributed by atoms with Gasteiger partial charge in [0, 0.05) is 32.9 Å². The van der Waals surface area contributed by atoms with Crippen molar-refractivity contribution in [3.8, 4) is 0 Å². The van der Waals surface area contributed by atoms with Gasteiger partial charge in [-0.25, -0.2) is 0 Å². The van der Waals surface area contributed by atoms with E-state index < -0.39 is 0 Å². The van der Waals surface area contributed by atoms with Crippen molar-refractivity contribution < 1.29 is 4.42 Å². The zero-order valence-electron chi connectivity index (χ0n) is 49.5. The Balaban J connectivity index is 1.16. The largest absolute Gasteiger partial charge is 0.456 e. The number of hydrogen-bond donors (Lipinski definition) is 0. The third kappa shape index (κ3) is 7.29. The van der Waals surface area contributed by atoms with Gasteiger partial charge >= 0.3 is 0 Å². The number of para-hydroxylation sites is 1. The molecule has 3 fully saturated rings. The Labute approximate surface area is 456 Å². The van der Waals surface area contributed by atoms with Crippen LogP contribution < -0.4 is 15.3 Å². The van der Waals surface area contributed by atoms with Gasteiger partial charge in [0.2, 0.25) is 6.71 Å². The first-order valence-corrected chi connectivity index (χ1v) is 30.4. The SMILES string of the molecule is CC(C)(C)C1=CC2=C3B(C4=C(CC5C(=C4)C(C)(C)CCC5(C)C)N2c2ccc(C(C)(C)C)c4oc5ccccc5c24)c2c(sc4c2CC2C(=C4)C(C)(C)CCC2(C)C)N(C2=CC4C(C=C2)C(C)(C)CCC4(C)C)C3C1. The summed E-state index contributed by atoms with van der Waals surface area (Å²) in [5.41, 5.74) is 21.4. The number of benzene rings is 2. The molecule has 5 unspecified atom stereocenters. The molecule has 3 nitrogen and oxygen atoms in total. The Morgan fingerprint density at radius 3 is 1.95 bits per heavy atom. The molecule has 5 atom stereocenters. The molecule has 0 amide bonds. The van der Waals surface area contributed by atoms with Gasteiger partial charge < -0.3 is 14.2 Å². The number of fused-ring (bicyclic) bond motifs is 11. The number of thiophene rings is 1. The van der Waals surface area contributed by atoms with Crippen LogP contribution >= 0.6 is 11.3 Å². The first-order valence-electron chi connectivity index (χ1n) is 29.6. The maximum absolute atomic E-state index is 7.14. The lowest BCUT2D eigenvalue weighted by atomic mass is 9.29. The van der Waals surface area contributed by atoms with Crippen LogP contribution in [0.25, 0.3) is 28.0 Å². The fourth-order valence-electron chi connectivity index (χ4n) is 17.0. The lowest BCUT2D eigenvalue weighted by Gasteiger charge is -2.56. The molecule has 9 aliphatic rings. The third-order valence-corrected chi connectivity index (χ3v) is 23.5. The summed E-state index contributed by atoms with van der Waals surface area (Å²) in [7, 11) is 0. The molecule has 2 aromatic heterocycles. The van der Waals surface area contributed by atoms with Crippen molar-refractivity contribution >= 4 is 62.2 Å². The number of furan rings is 1. The Morgan fingerprint density at radius 1 is 0.653 bits per heavy atom. The highest BCUT2D eigenvalue weighted by Crippen LogP contribution is 2.64. The fraction of sp³-hybridized carbons (Fsp3) is 0.571. The lowest BCUT2D eigenvalue weighted by molar-refractivity contribution is 0.0326. The summed E-state index contributed by atoms with van der Waals surface area (Å²) in [5.74, 6) is 1.96. The predicted octanol–water partition coefficient (Wildman–Crippen LogP) is 19.0. The number of allylic oxidation sites excluding steroid dienone is 9. The lowest BCUT2D eigenvalue weighted by Crippen LogP contribution is -2.59. The van der Waals surface area contributed by atoms with Crippen molar-refractivity contribution in [3.05, 3.63) is 128 Å². The van der Waals surface area contributed by atoms with Crippen LogP contribution in [0, 0.1) is 61.6 Å². The molecule has 0 spiro atoms. The average molecular weight is 1020 g/mol. The minimum atomic E-state index is -0.101. The van der Waals surface area contributed by atoms with Crippen molar-refractivity contribution in [1.29, 1.82) is 0 Å². The van der Waals surface area contributed by atoms with E-state index in [1.807, 2.05) is 0 Å². The molecule has 0 radical (unpaired) electrons. The first-order chi connectivity index (χ1) is 34.9. The van der Waals surface area contributed by atoms with E-state index in [0.29, 0.717) is 23.7 Å². The van der Waals surface area contributed by atoms with Gasteiger partial charge in [-0.1, -0.05) is 184 Å². The van der Waals surface area contributed by atoms with E-state index in [1.165, 1.54) is 82.6 Å². The highest BCUT2D eigenvalue weighted by molar-refractivity contribution is 7.20. The third-order valence-electron chi connectivity index (χ3n) is 22.3. The summed E-state index contributed by atoms with van der Waals surface area (Å²) in [4.78, 5) is 7.40. The van der Waals surface area contributed by atoms with Crippen molar-refractivity contribution in [3.63, 3.8) is 0 Å². The normalized spacial score (nSPS) is 29.6. The van der Waals surface area contributed by atoms with Crippen LogP contribution in [0.3, 0.4) is 0 Å². The fourth-order valence-corrected chi connectivity index (χ4v) is 18.4. The van der Waals surface area contributed by atoms with E-state index in [1.54, 1.807) is 43.6 Å².